The summed E-state index contributed by atoms with van der Waals surface area (Å²) in [7, 11) is 1.49. The number of hydrogen-bond donors (Lipinski definition) is 1. The van der Waals surface area contributed by atoms with Gasteiger partial charge in [0.25, 0.3) is 11.7 Å². The third-order valence-electron chi connectivity index (χ3n) is 4.84. The standard InChI is InChI=1S/C20H20N4O4/c1-27-20-21-9-6-17(23-20)28-13-7-10-24(11-8-13)19(26)18(25)15-12-22-16-5-3-2-4-14(15)16/h2-6,9,12-13,22H,7-8,10-11H2,1H3. The number of aromatic nitrogens is 3. The van der Waals surface area contributed by atoms with Gasteiger partial charge in [0.2, 0.25) is 5.88 Å². The van der Waals surface area contributed by atoms with Gasteiger partial charge in [0.1, 0.15) is 6.10 Å². The number of fused-ring (bicyclic) bond motifs is 1. The molecule has 2 aromatic heterocycles. The number of amides is 1. The molecular formula is C20H20N4O4. The van der Waals surface area contributed by atoms with Gasteiger partial charge >= 0.3 is 6.01 Å². The fourth-order valence-electron chi connectivity index (χ4n) is 3.35. The number of ether oxygens (including phenoxy) is 2. The molecule has 0 spiro atoms. The van der Waals surface area contributed by atoms with Gasteiger partial charge in [-0.15, -0.1) is 0 Å². The fraction of sp³-hybridized carbons (Fsp3) is 0.300. The third-order valence-corrected chi connectivity index (χ3v) is 4.84. The number of benzene rings is 1. The van der Waals surface area contributed by atoms with Crippen molar-refractivity contribution in [2.45, 2.75) is 18.9 Å². The van der Waals surface area contributed by atoms with Crippen LogP contribution in [0.15, 0.2) is 42.7 Å². The molecule has 1 saturated heterocycles. The molecule has 1 aliphatic rings. The molecular weight excluding hydrogens is 360 g/mol. The molecule has 0 unspecified atom stereocenters. The van der Waals surface area contributed by atoms with Gasteiger partial charge in [0.15, 0.2) is 0 Å². The molecule has 0 radical (unpaired) electrons. The number of nitrogens with one attached hydrogen (secondary N) is 1. The molecule has 0 saturated carbocycles. The van der Waals surface area contributed by atoms with E-state index in [1.807, 2.05) is 24.3 Å². The van der Waals surface area contributed by atoms with E-state index in [-0.39, 0.29) is 12.1 Å². The third kappa shape index (κ3) is 3.53. The summed E-state index contributed by atoms with van der Waals surface area (Å²) >= 11 is 0. The predicted octanol–water partition coefficient (Wildman–Crippen LogP) is 2.22. The van der Waals surface area contributed by atoms with Crippen LogP contribution in [0.5, 0.6) is 11.9 Å². The minimum absolute atomic E-state index is 0.0770. The Hall–Kier alpha value is -3.42. The smallest absolute Gasteiger partial charge is 0.319 e. The second-order valence-corrected chi connectivity index (χ2v) is 6.57. The van der Waals surface area contributed by atoms with Crippen LogP contribution in [0.4, 0.5) is 0 Å². The normalized spacial score (nSPS) is 14.8. The van der Waals surface area contributed by atoms with Gasteiger partial charge in [0.05, 0.1) is 12.7 Å². The van der Waals surface area contributed by atoms with Crippen LogP contribution in [0.3, 0.4) is 0 Å². The highest BCUT2D eigenvalue weighted by molar-refractivity contribution is 6.44. The van der Waals surface area contributed by atoms with Crippen LogP contribution >= 0.6 is 0 Å². The number of likely N-dealkylation sites (tertiary alicyclic amines) is 1. The Morgan fingerprint density at radius 3 is 2.75 bits per heavy atom. The first-order valence-electron chi connectivity index (χ1n) is 9.09. The Balaban J connectivity index is 1.38. The van der Waals surface area contributed by atoms with Crippen LogP contribution in [0.2, 0.25) is 0 Å². The largest absolute Gasteiger partial charge is 0.474 e. The van der Waals surface area contributed by atoms with E-state index in [0.717, 1.165) is 10.9 Å². The summed E-state index contributed by atoms with van der Waals surface area (Å²) < 4.78 is 10.8. The molecule has 8 heteroatoms. The number of aromatic amines is 1. The van der Waals surface area contributed by atoms with Crippen LogP contribution in [0, 0.1) is 0 Å². The van der Waals surface area contributed by atoms with E-state index >= 15 is 0 Å². The van der Waals surface area contributed by atoms with Crippen LogP contribution in [0.25, 0.3) is 10.9 Å². The molecule has 1 aromatic carbocycles. The number of methoxy groups -OCH3 is 1. The summed E-state index contributed by atoms with van der Waals surface area (Å²) in [5, 5.41) is 0.761. The molecule has 4 rings (SSSR count). The molecule has 0 atom stereocenters. The van der Waals surface area contributed by atoms with E-state index in [1.54, 1.807) is 23.4 Å². The molecule has 1 amide bonds. The Bertz CT molecular complexity index is 1010. The summed E-state index contributed by atoms with van der Waals surface area (Å²) in [6.45, 7) is 0.916. The Morgan fingerprint density at radius 1 is 1.18 bits per heavy atom. The van der Waals surface area contributed by atoms with Gasteiger partial charge in [-0.3, -0.25) is 9.59 Å². The Labute approximate surface area is 161 Å². The molecule has 1 N–H and O–H groups in total. The average molecular weight is 380 g/mol. The second kappa shape index (κ2) is 7.67. The van der Waals surface area contributed by atoms with Crippen LogP contribution in [-0.4, -0.2) is 57.8 Å². The molecule has 0 aliphatic carbocycles. The quantitative estimate of drug-likeness (QED) is 0.538. The zero-order chi connectivity index (χ0) is 19.5. The van der Waals surface area contributed by atoms with Crippen molar-refractivity contribution in [1.29, 1.82) is 0 Å². The maximum absolute atomic E-state index is 12.7. The molecule has 3 heterocycles. The van der Waals surface area contributed by atoms with E-state index < -0.39 is 11.7 Å². The lowest BCUT2D eigenvalue weighted by atomic mass is 10.0. The van der Waals surface area contributed by atoms with E-state index in [1.165, 1.54) is 7.11 Å². The summed E-state index contributed by atoms with van der Waals surface area (Å²) in [5.41, 5.74) is 1.25. The number of H-pyrrole nitrogens is 1. The van der Waals surface area contributed by atoms with Crippen molar-refractivity contribution in [3.05, 3.63) is 48.3 Å². The minimum atomic E-state index is -0.489. The lowest BCUT2D eigenvalue weighted by Crippen LogP contribution is -2.44. The van der Waals surface area contributed by atoms with Gasteiger partial charge in [0, 0.05) is 55.3 Å². The van der Waals surface area contributed by atoms with Gasteiger partial charge < -0.3 is 19.4 Å². The number of rotatable bonds is 5. The van der Waals surface area contributed by atoms with Gasteiger partial charge in [-0.05, 0) is 6.07 Å². The Kier molecular flexibility index (Phi) is 4.92. The van der Waals surface area contributed by atoms with Crippen molar-refractivity contribution < 1.29 is 19.1 Å². The number of para-hydroxylation sites is 1. The minimum Gasteiger partial charge on any atom is -0.474 e. The summed E-state index contributed by atoms with van der Waals surface area (Å²) in [5.74, 6) is -0.532. The monoisotopic (exact) mass is 380 g/mol. The predicted molar refractivity (Wildman–Crippen MR) is 101 cm³/mol. The highest BCUT2D eigenvalue weighted by Gasteiger charge is 2.29. The van der Waals surface area contributed by atoms with E-state index in [2.05, 4.69) is 15.0 Å². The molecule has 8 nitrogen and oxygen atoms in total. The van der Waals surface area contributed by atoms with Gasteiger partial charge in [-0.2, -0.15) is 4.98 Å². The van der Waals surface area contributed by atoms with Crippen LogP contribution in [0.1, 0.15) is 23.2 Å². The van der Waals surface area contributed by atoms with Crippen molar-refractivity contribution in [3.8, 4) is 11.9 Å². The van der Waals surface area contributed by atoms with Gasteiger partial charge in [-0.1, -0.05) is 18.2 Å². The topological polar surface area (TPSA) is 97.4 Å². The second-order valence-electron chi connectivity index (χ2n) is 6.57. The van der Waals surface area contributed by atoms with Crippen molar-refractivity contribution in [2.75, 3.05) is 20.2 Å². The van der Waals surface area contributed by atoms with E-state index in [9.17, 15) is 9.59 Å². The maximum atomic E-state index is 12.7. The first-order valence-corrected chi connectivity index (χ1v) is 9.09. The summed E-state index contributed by atoms with van der Waals surface area (Å²) in [6, 6.07) is 9.36. The van der Waals surface area contributed by atoms with E-state index in [4.69, 9.17) is 9.47 Å². The lowest BCUT2D eigenvalue weighted by molar-refractivity contribution is -0.128. The van der Waals surface area contributed by atoms with E-state index in [0.29, 0.717) is 37.4 Å². The number of piperidine rings is 1. The number of ketones is 1. The highest BCUT2D eigenvalue weighted by atomic mass is 16.5. The number of hydrogen-bond acceptors (Lipinski definition) is 6. The first-order chi connectivity index (χ1) is 13.7. The fourth-order valence-corrected chi connectivity index (χ4v) is 3.35. The zero-order valence-corrected chi connectivity index (χ0v) is 15.4. The van der Waals surface area contributed by atoms with Crippen molar-refractivity contribution >= 4 is 22.6 Å². The Morgan fingerprint density at radius 2 is 1.96 bits per heavy atom. The number of carbonyl (C=O) groups excluding carboxylic acids is 2. The summed E-state index contributed by atoms with van der Waals surface area (Å²) in [4.78, 5) is 38.1. The molecule has 1 fully saturated rings. The number of Topliss-reactive ketones (excluding diaryl/α,β-unsaturated/α-hetero) is 1. The molecule has 0 bridgehead atoms. The average Bonchev–Trinajstić information content (AvgIpc) is 3.17. The maximum Gasteiger partial charge on any atom is 0.319 e. The summed E-state index contributed by atoms with van der Waals surface area (Å²) in [6.07, 6.45) is 4.34. The SMILES string of the molecule is COc1nccc(OC2CCN(C(=O)C(=O)c3c[nH]c4ccccc34)CC2)n1. The zero-order valence-electron chi connectivity index (χ0n) is 15.4. The first kappa shape index (κ1) is 18.0. The highest BCUT2D eigenvalue weighted by Crippen LogP contribution is 2.21. The molecule has 3 aromatic rings. The number of nitrogens with zero attached hydrogens (tertiary/aromatic N) is 3. The van der Waals surface area contributed by atoms with Crippen LogP contribution < -0.4 is 9.47 Å². The molecule has 144 valence electrons. The van der Waals surface area contributed by atoms with Gasteiger partial charge in [-0.25, -0.2) is 4.98 Å². The lowest BCUT2D eigenvalue weighted by Gasteiger charge is -2.31. The van der Waals surface area contributed by atoms with Crippen molar-refractivity contribution in [2.24, 2.45) is 0 Å². The van der Waals surface area contributed by atoms with Crippen molar-refractivity contribution in [3.63, 3.8) is 0 Å². The molecule has 1 aliphatic heterocycles. The molecule has 28 heavy (non-hydrogen) atoms. The van der Waals surface area contributed by atoms with Crippen molar-refractivity contribution in [1.82, 2.24) is 19.9 Å². The van der Waals surface area contributed by atoms with Crippen LogP contribution in [-0.2, 0) is 4.79 Å². The number of carbonyl (C=O) groups is 2.